The van der Waals surface area contributed by atoms with E-state index in [9.17, 15) is 0 Å². The van der Waals surface area contributed by atoms with Crippen LogP contribution in [0, 0.1) is 17.8 Å². The number of rotatable bonds is 8. The Kier molecular flexibility index (Phi) is 4.76. The minimum atomic E-state index is 0.795. The minimum absolute atomic E-state index is 0.795. The van der Waals surface area contributed by atoms with Gasteiger partial charge in [0.25, 0.3) is 0 Å². The van der Waals surface area contributed by atoms with Crippen molar-refractivity contribution in [1.29, 1.82) is 0 Å². The van der Waals surface area contributed by atoms with Gasteiger partial charge in [-0.25, -0.2) is 0 Å². The maximum Gasteiger partial charge on any atom is 0.0139 e. The molecule has 0 bridgehead atoms. The average Bonchev–Trinajstić information content (AvgIpc) is 3.47. The summed E-state index contributed by atoms with van der Waals surface area (Å²) >= 11 is 0. The van der Waals surface area contributed by atoms with Crippen molar-refractivity contribution in [2.45, 2.75) is 70.8 Å². The van der Waals surface area contributed by atoms with Gasteiger partial charge in [-0.1, -0.05) is 31.2 Å². The van der Waals surface area contributed by atoms with E-state index < -0.39 is 0 Å². The molecule has 0 aromatic heterocycles. The number of fused-ring (bicyclic) bond motifs is 1. The summed E-state index contributed by atoms with van der Waals surface area (Å²) < 4.78 is 0. The second kappa shape index (κ2) is 6.97. The lowest BCUT2D eigenvalue weighted by molar-refractivity contribution is 0.160. The number of benzene rings is 1. The first kappa shape index (κ1) is 15.7. The monoisotopic (exact) mass is 311 g/mol. The van der Waals surface area contributed by atoms with E-state index in [1.54, 1.807) is 11.1 Å². The van der Waals surface area contributed by atoms with Crippen molar-refractivity contribution in [3.05, 3.63) is 35.4 Å². The summed E-state index contributed by atoms with van der Waals surface area (Å²) in [5, 5.41) is 0. The van der Waals surface area contributed by atoms with Crippen molar-refractivity contribution in [2.75, 3.05) is 13.1 Å². The van der Waals surface area contributed by atoms with Crippen LogP contribution >= 0.6 is 0 Å². The van der Waals surface area contributed by atoms with Crippen LogP contribution in [0.1, 0.15) is 63.0 Å². The van der Waals surface area contributed by atoms with E-state index >= 15 is 0 Å². The zero-order valence-corrected chi connectivity index (χ0v) is 14.8. The Morgan fingerprint density at radius 2 is 1.65 bits per heavy atom. The van der Waals surface area contributed by atoms with Crippen LogP contribution in [0.4, 0.5) is 0 Å². The van der Waals surface area contributed by atoms with E-state index in [1.807, 2.05) is 0 Å². The maximum absolute atomic E-state index is 2.85. The first-order chi connectivity index (χ1) is 11.3. The molecule has 1 heteroatoms. The highest BCUT2D eigenvalue weighted by Gasteiger charge is 2.41. The predicted molar refractivity (Wildman–Crippen MR) is 97.7 cm³/mol. The Hall–Kier alpha value is -0.820. The lowest BCUT2D eigenvalue weighted by Crippen LogP contribution is -2.41. The molecule has 0 heterocycles. The van der Waals surface area contributed by atoms with Gasteiger partial charge in [0.1, 0.15) is 0 Å². The zero-order chi connectivity index (χ0) is 15.6. The van der Waals surface area contributed by atoms with Crippen LogP contribution in [-0.2, 0) is 12.8 Å². The molecule has 0 saturated heterocycles. The van der Waals surface area contributed by atoms with Crippen molar-refractivity contribution in [1.82, 2.24) is 4.90 Å². The van der Waals surface area contributed by atoms with Crippen molar-refractivity contribution in [3.8, 4) is 0 Å². The van der Waals surface area contributed by atoms with Gasteiger partial charge < -0.3 is 4.90 Å². The van der Waals surface area contributed by atoms with Gasteiger partial charge in [0.15, 0.2) is 0 Å². The number of hydrogen-bond donors (Lipinski definition) is 0. The molecule has 4 rings (SSSR count). The van der Waals surface area contributed by atoms with Crippen molar-refractivity contribution in [2.24, 2.45) is 17.8 Å². The van der Waals surface area contributed by atoms with Gasteiger partial charge in [0, 0.05) is 6.04 Å². The molecule has 1 atom stereocenters. The molecule has 23 heavy (non-hydrogen) atoms. The smallest absolute Gasteiger partial charge is 0.0139 e. The first-order valence-electron chi connectivity index (χ1n) is 10.2. The number of hydrogen-bond acceptors (Lipinski definition) is 1. The molecule has 126 valence electrons. The van der Waals surface area contributed by atoms with E-state index in [2.05, 4.69) is 36.1 Å². The van der Waals surface area contributed by atoms with Gasteiger partial charge in [-0.2, -0.15) is 0 Å². The zero-order valence-electron chi connectivity index (χ0n) is 14.8. The van der Waals surface area contributed by atoms with Crippen molar-refractivity contribution < 1.29 is 0 Å². The molecule has 3 aliphatic rings. The topological polar surface area (TPSA) is 3.24 Å². The highest BCUT2D eigenvalue weighted by atomic mass is 15.1. The van der Waals surface area contributed by atoms with Crippen LogP contribution in [-0.4, -0.2) is 24.0 Å². The van der Waals surface area contributed by atoms with Crippen LogP contribution < -0.4 is 0 Å². The Balaban J connectivity index is 1.37. The predicted octanol–water partition coefficient (Wildman–Crippen LogP) is 5.08. The largest absolute Gasteiger partial charge is 0.300 e. The highest BCUT2D eigenvalue weighted by molar-refractivity contribution is 5.30. The Morgan fingerprint density at radius 1 is 0.957 bits per heavy atom. The summed E-state index contributed by atoms with van der Waals surface area (Å²) in [5.74, 6) is 3.29. The van der Waals surface area contributed by atoms with Crippen LogP contribution in [0.25, 0.3) is 0 Å². The molecule has 2 fully saturated rings. The van der Waals surface area contributed by atoms with Crippen LogP contribution in [0.3, 0.4) is 0 Å². The molecule has 1 aromatic carbocycles. The molecule has 0 radical (unpaired) electrons. The fraction of sp³-hybridized carbons (Fsp3) is 0.727. The second-order valence-electron chi connectivity index (χ2n) is 8.33. The third kappa shape index (κ3) is 3.82. The Bertz CT molecular complexity index is 502. The third-order valence-electron chi connectivity index (χ3n) is 6.55. The second-order valence-corrected chi connectivity index (χ2v) is 8.33. The van der Waals surface area contributed by atoms with E-state index in [4.69, 9.17) is 0 Å². The fourth-order valence-corrected chi connectivity index (χ4v) is 4.97. The molecule has 1 unspecified atom stereocenters. The lowest BCUT2D eigenvalue weighted by atomic mass is 9.86. The normalized spacial score (nSPS) is 24.2. The van der Waals surface area contributed by atoms with Crippen LogP contribution in [0.2, 0.25) is 0 Å². The maximum atomic E-state index is 2.85. The highest BCUT2D eigenvalue weighted by Crippen LogP contribution is 2.50. The molecule has 0 spiro atoms. The van der Waals surface area contributed by atoms with E-state index in [0.29, 0.717) is 0 Å². The van der Waals surface area contributed by atoms with Crippen molar-refractivity contribution >= 4 is 0 Å². The molecule has 0 amide bonds. The van der Waals surface area contributed by atoms with E-state index in [-0.39, 0.29) is 0 Å². The molecule has 1 aromatic rings. The summed E-state index contributed by atoms with van der Waals surface area (Å²) in [7, 11) is 0. The summed E-state index contributed by atoms with van der Waals surface area (Å²) in [4.78, 5) is 2.85. The van der Waals surface area contributed by atoms with Gasteiger partial charge in [0.05, 0.1) is 0 Å². The summed E-state index contributed by atoms with van der Waals surface area (Å²) in [6.07, 6.45) is 12.9. The quantitative estimate of drug-likeness (QED) is 0.647. The molecule has 3 aliphatic carbocycles. The molecule has 1 nitrogen and oxygen atoms in total. The third-order valence-corrected chi connectivity index (χ3v) is 6.55. The number of aryl methyl sites for hydroxylation is 1. The lowest BCUT2D eigenvalue weighted by Gasteiger charge is -2.36. The van der Waals surface area contributed by atoms with Gasteiger partial charge in [0.2, 0.25) is 0 Å². The molecular formula is C22H33N. The van der Waals surface area contributed by atoms with E-state index in [0.717, 1.165) is 23.8 Å². The van der Waals surface area contributed by atoms with Crippen LogP contribution in [0.15, 0.2) is 24.3 Å². The Labute approximate surface area is 142 Å². The van der Waals surface area contributed by atoms with Crippen LogP contribution in [0.5, 0.6) is 0 Å². The molecule has 0 N–H and O–H groups in total. The van der Waals surface area contributed by atoms with Gasteiger partial charge in [-0.05, 0) is 99.8 Å². The summed E-state index contributed by atoms with van der Waals surface area (Å²) in [5.41, 5.74) is 3.22. The Morgan fingerprint density at radius 3 is 2.30 bits per heavy atom. The van der Waals surface area contributed by atoms with Gasteiger partial charge in [-0.3, -0.25) is 0 Å². The molecule has 2 saturated carbocycles. The number of nitrogens with zero attached hydrogens (tertiary/aromatic N) is 1. The first-order valence-corrected chi connectivity index (χ1v) is 10.2. The van der Waals surface area contributed by atoms with Crippen molar-refractivity contribution in [3.63, 3.8) is 0 Å². The fourth-order valence-electron chi connectivity index (χ4n) is 4.97. The summed E-state index contributed by atoms with van der Waals surface area (Å²) in [6, 6.07) is 9.93. The summed E-state index contributed by atoms with van der Waals surface area (Å²) in [6.45, 7) is 5.01. The molecule has 0 aliphatic heterocycles. The SMILES string of the molecule is CCCN(CCC(C1CC1)C1CC1)C1CCc2ccccc2C1. The molecular weight excluding hydrogens is 278 g/mol. The minimum Gasteiger partial charge on any atom is -0.300 e. The van der Waals surface area contributed by atoms with Gasteiger partial charge >= 0.3 is 0 Å². The average molecular weight is 312 g/mol. The standard InChI is InChI=1S/C22H33N/c1-2-14-23(15-13-22(18-7-8-18)19-9-10-19)21-12-11-17-5-3-4-6-20(17)16-21/h3-6,18-19,21-22H,2,7-16H2,1H3. The van der Waals surface area contributed by atoms with Gasteiger partial charge in [-0.15, -0.1) is 0 Å². The van der Waals surface area contributed by atoms with E-state index in [1.165, 1.54) is 70.9 Å².